The van der Waals surface area contributed by atoms with Gasteiger partial charge in [-0.05, 0) is 86.8 Å². The molecule has 0 unspecified atom stereocenters. The monoisotopic (exact) mass is 701 g/mol. The Labute approximate surface area is 320 Å². The number of para-hydroxylation sites is 2. The van der Waals surface area contributed by atoms with Crippen molar-refractivity contribution in [3.8, 4) is 22.3 Å². The molecule has 0 spiro atoms. The fourth-order valence-electron chi connectivity index (χ4n) is 9.19. The summed E-state index contributed by atoms with van der Waals surface area (Å²) < 4.78 is 6.26. The zero-order chi connectivity index (χ0) is 36.3. The topological polar surface area (TPSA) is 16.4 Å². The highest BCUT2D eigenvalue weighted by Crippen LogP contribution is 2.57. The molecule has 1 aromatic heterocycles. The van der Waals surface area contributed by atoms with Crippen molar-refractivity contribution in [2.24, 2.45) is 0 Å². The van der Waals surface area contributed by atoms with E-state index in [-0.39, 0.29) is 0 Å². The number of furan rings is 1. The molecule has 0 saturated heterocycles. The third kappa shape index (κ3) is 4.75. The van der Waals surface area contributed by atoms with Gasteiger partial charge in [-0.3, -0.25) is 0 Å². The summed E-state index contributed by atoms with van der Waals surface area (Å²) >= 11 is 0. The Balaban J connectivity index is 1.20. The molecule has 11 rings (SSSR count). The van der Waals surface area contributed by atoms with Gasteiger partial charge in [-0.1, -0.05) is 170 Å². The SMILES string of the molecule is c1ccc(C2(c3ccccc3)c3ccccc3-c3ccc(N(c4ccccc4-c4ccc5oc6ccccc6c5c4)c4cccc5ccccc45)cc32)cc1. The molecular formula is C53H35NO. The summed E-state index contributed by atoms with van der Waals surface area (Å²) in [6.45, 7) is 0. The molecular weight excluding hydrogens is 667 g/mol. The first-order chi connectivity index (χ1) is 27.3. The van der Waals surface area contributed by atoms with Gasteiger partial charge < -0.3 is 9.32 Å². The molecule has 2 heteroatoms. The second-order valence-electron chi connectivity index (χ2n) is 14.4. The van der Waals surface area contributed by atoms with E-state index in [0.717, 1.165) is 50.1 Å². The van der Waals surface area contributed by atoms with Crippen LogP contribution in [0, 0.1) is 0 Å². The predicted octanol–water partition coefficient (Wildman–Crippen LogP) is 14.2. The molecule has 2 nitrogen and oxygen atoms in total. The van der Waals surface area contributed by atoms with Crippen LogP contribution in [0.25, 0.3) is 55.0 Å². The second-order valence-corrected chi connectivity index (χ2v) is 14.4. The fraction of sp³-hybridized carbons (Fsp3) is 0.0189. The minimum atomic E-state index is -0.512. The van der Waals surface area contributed by atoms with Crippen LogP contribution in [0.15, 0.2) is 217 Å². The van der Waals surface area contributed by atoms with Gasteiger partial charge >= 0.3 is 0 Å². The number of hydrogen-bond donors (Lipinski definition) is 0. The van der Waals surface area contributed by atoms with E-state index < -0.39 is 5.41 Å². The van der Waals surface area contributed by atoms with Crippen molar-refractivity contribution in [2.75, 3.05) is 4.90 Å². The smallest absolute Gasteiger partial charge is 0.135 e. The molecule has 258 valence electrons. The average molecular weight is 702 g/mol. The van der Waals surface area contributed by atoms with Crippen LogP contribution in [-0.4, -0.2) is 0 Å². The van der Waals surface area contributed by atoms with Gasteiger partial charge in [0.25, 0.3) is 0 Å². The van der Waals surface area contributed by atoms with Crippen molar-refractivity contribution in [3.05, 3.63) is 235 Å². The van der Waals surface area contributed by atoms with Gasteiger partial charge in [-0.15, -0.1) is 0 Å². The summed E-state index contributed by atoms with van der Waals surface area (Å²) in [6, 6.07) is 77.2. The summed E-state index contributed by atoms with van der Waals surface area (Å²) in [6.07, 6.45) is 0. The van der Waals surface area contributed by atoms with E-state index in [1.165, 1.54) is 44.2 Å². The molecule has 9 aromatic carbocycles. The van der Waals surface area contributed by atoms with Crippen molar-refractivity contribution < 1.29 is 4.42 Å². The summed E-state index contributed by atoms with van der Waals surface area (Å²) in [4.78, 5) is 2.47. The van der Waals surface area contributed by atoms with E-state index in [4.69, 9.17) is 4.42 Å². The van der Waals surface area contributed by atoms with Crippen LogP contribution in [0.5, 0.6) is 0 Å². The molecule has 0 amide bonds. The molecule has 0 aliphatic heterocycles. The molecule has 1 aliphatic rings. The predicted molar refractivity (Wildman–Crippen MR) is 229 cm³/mol. The molecule has 0 N–H and O–H groups in total. The molecule has 0 fully saturated rings. The molecule has 0 atom stereocenters. The van der Waals surface area contributed by atoms with Gasteiger partial charge in [0.1, 0.15) is 11.2 Å². The third-order valence-corrected chi connectivity index (χ3v) is 11.5. The van der Waals surface area contributed by atoms with E-state index >= 15 is 0 Å². The Bertz CT molecular complexity index is 3000. The van der Waals surface area contributed by atoms with E-state index in [1.54, 1.807) is 0 Å². The minimum Gasteiger partial charge on any atom is -0.456 e. The molecule has 10 aromatic rings. The second kappa shape index (κ2) is 12.5. The first kappa shape index (κ1) is 31.4. The van der Waals surface area contributed by atoms with Gasteiger partial charge in [-0.2, -0.15) is 0 Å². The summed E-state index contributed by atoms with van der Waals surface area (Å²) in [7, 11) is 0. The first-order valence-electron chi connectivity index (χ1n) is 18.9. The Hall–Kier alpha value is -7.16. The normalized spacial score (nSPS) is 12.9. The molecule has 1 heterocycles. The van der Waals surface area contributed by atoms with E-state index in [9.17, 15) is 0 Å². The summed E-state index contributed by atoms with van der Waals surface area (Å²) in [5, 5.41) is 4.63. The largest absolute Gasteiger partial charge is 0.456 e. The lowest BCUT2D eigenvalue weighted by atomic mass is 9.67. The number of benzene rings is 9. The zero-order valence-corrected chi connectivity index (χ0v) is 30.1. The third-order valence-electron chi connectivity index (χ3n) is 11.5. The summed E-state index contributed by atoms with van der Waals surface area (Å²) in [5.74, 6) is 0. The zero-order valence-electron chi connectivity index (χ0n) is 30.1. The van der Waals surface area contributed by atoms with Gasteiger partial charge in [0.2, 0.25) is 0 Å². The molecule has 55 heavy (non-hydrogen) atoms. The molecule has 0 radical (unpaired) electrons. The Morgan fingerprint density at radius 3 is 1.78 bits per heavy atom. The van der Waals surface area contributed by atoms with Gasteiger partial charge in [0.05, 0.1) is 16.8 Å². The van der Waals surface area contributed by atoms with Gasteiger partial charge in [0.15, 0.2) is 0 Å². The van der Waals surface area contributed by atoms with Crippen molar-refractivity contribution in [1.29, 1.82) is 0 Å². The van der Waals surface area contributed by atoms with Crippen molar-refractivity contribution in [1.82, 2.24) is 0 Å². The number of hydrogen-bond acceptors (Lipinski definition) is 2. The minimum absolute atomic E-state index is 0.512. The maximum atomic E-state index is 6.26. The van der Waals surface area contributed by atoms with Gasteiger partial charge in [-0.25, -0.2) is 0 Å². The highest BCUT2D eigenvalue weighted by atomic mass is 16.3. The lowest BCUT2D eigenvalue weighted by Crippen LogP contribution is -2.28. The number of rotatable bonds is 6. The van der Waals surface area contributed by atoms with Crippen LogP contribution in [0.4, 0.5) is 17.1 Å². The maximum Gasteiger partial charge on any atom is 0.135 e. The highest BCUT2D eigenvalue weighted by Gasteiger charge is 2.46. The highest BCUT2D eigenvalue weighted by molar-refractivity contribution is 6.07. The van der Waals surface area contributed by atoms with Gasteiger partial charge in [0, 0.05) is 27.4 Å². The van der Waals surface area contributed by atoms with Crippen molar-refractivity contribution >= 4 is 49.8 Å². The maximum absolute atomic E-state index is 6.26. The Kier molecular flexibility index (Phi) is 7.11. The summed E-state index contributed by atoms with van der Waals surface area (Å²) in [5.41, 5.74) is 14.5. The van der Waals surface area contributed by atoms with E-state index in [2.05, 4.69) is 205 Å². The molecule has 1 aliphatic carbocycles. The molecule has 0 saturated carbocycles. The quantitative estimate of drug-likeness (QED) is 0.172. The standard InChI is InChI=1S/C53H35NO/c1-3-18-38(19-4-1)53(39-20-5-2-6-21-39)47-26-12-9-24-43(47)44-32-31-40(35-48(44)53)54(50-28-15-17-36-16-7-8-22-41(36)50)49-27-13-10-23-42(49)37-30-33-52-46(34-37)45-25-11-14-29-51(45)55-52/h1-35H. The van der Waals surface area contributed by atoms with Crippen LogP contribution in [-0.2, 0) is 5.41 Å². The van der Waals surface area contributed by atoms with Crippen LogP contribution >= 0.6 is 0 Å². The lowest BCUT2D eigenvalue weighted by molar-refractivity contribution is 0.669. The number of nitrogens with zero attached hydrogens (tertiary/aromatic N) is 1. The Morgan fingerprint density at radius 1 is 0.364 bits per heavy atom. The number of anilines is 3. The van der Waals surface area contributed by atoms with Crippen LogP contribution in [0.1, 0.15) is 22.3 Å². The average Bonchev–Trinajstić information content (AvgIpc) is 3.78. The van der Waals surface area contributed by atoms with Crippen LogP contribution < -0.4 is 4.90 Å². The first-order valence-corrected chi connectivity index (χ1v) is 18.9. The van der Waals surface area contributed by atoms with Crippen LogP contribution in [0.2, 0.25) is 0 Å². The fourth-order valence-corrected chi connectivity index (χ4v) is 9.19. The molecule has 0 bridgehead atoms. The Morgan fingerprint density at radius 2 is 0.964 bits per heavy atom. The number of fused-ring (bicyclic) bond motifs is 7. The van der Waals surface area contributed by atoms with Crippen molar-refractivity contribution in [3.63, 3.8) is 0 Å². The van der Waals surface area contributed by atoms with E-state index in [0.29, 0.717) is 0 Å². The van der Waals surface area contributed by atoms with Crippen LogP contribution in [0.3, 0.4) is 0 Å². The van der Waals surface area contributed by atoms with E-state index in [1.807, 2.05) is 12.1 Å². The lowest BCUT2D eigenvalue weighted by Gasteiger charge is -2.35. The van der Waals surface area contributed by atoms with Crippen molar-refractivity contribution in [2.45, 2.75) is 5.41 Å².